The molecule has 1 atom stereocenters. The van der Waals surface area contributed by atoms with E-state index < -0.39 is 17.5 Å². The summed E-state index contributed by atoms with van der Waals surface area (Å²) in [6.45, 7) is 5.69. The number of rotatable bonds is 1. The molecule has 19 heavy (non-hydrogen) atoms. The van der Waals surface area contributed by atoms with Crippen LogP contribution in [0.5, 0.6) is 0 Å². The van der Waals surface area contributed by atoms with Crippen LogP contribution in [0.3, 0.4) is 0 Å². The van der Waals surface area contributed by atoms with Crippen LogP contribution in [-0.2, 0) is 0 Å². The molecule has 104 valence electrons. The van der Waals surface area contributed by atoms with E-state index in [0.717, 1.165) is 6.07 Å². The number of aryl methyl sites for hydroxylation is 1. The third-order valence-corrected chi connectivity index (χ3v) is 4.17. The average molecular weight is 286 g/mol. The second-order valence-corrected chi connectivity index (χ2v) is 5.90. The van der Waals surface area contributed by atoms with Crippen molar-refractivity contribution in [2.75, 3.05) is 6.54 Å². The number of hydrogen-bond donors (Lipinski definition) is 1. The predicted octanol–water partition coefficient (Wildman–Crippen LogP) is 2.77. The van der Waals surface area contributed by atoms with E-state index in [0.29, 0.717) is 18.5 Å². The van der Waals surface area contributed by atoms with Crippen LogP contribution in [0.1, 0.15) is 36.2 Å². The Labute approximate surface area is 117 Å². The van der Waals surface area contributed by atoms with Crippen LogP contribution in [0.15, 0.2) is 12.1 Å². The number of carbonyl (C=O) groups is 1. The smallest absolute Gasteiger partial charge is 0.255 e. The molecule has 1 aliphatic heterocycles. The summed E-state index contributed by atoms with van der Waals surface area (Å²) in [6.07, 6.45) is -0.0203. The van der Waals surface area contributed by atoms with Crippen molar-refractivity contribution in [3.63, 3.8) is 0 Å². The number of benzene rings is 1. The number of aliphatic hydroxyl groups is 1. The highest BCUT2D eigenvalue weighted by Gasteiger charge is 2.43. The van der Waals surface area contributed by atoms with Gasteiger partial charge in [0.2, 0.25) is 0 Å². The van der Waals surface area contributed by atoms with Gasteiger partial charge in [-0.2, -0.15) is 0 Å². The van der Waals surface area contributed by atoms with Crippen molar-refractivity contribution in [1.82, 2.24) is 4.90 Å². The molecule has 0 aromatic heterocycles. The van der Waals surface area contributed by atoms with Crippen molar-refractivity contribution in [3.8, 4) is 0 Å². The quantitative estimate of drug-likeness (QED) is 0.862. The van der Waals surface area contributed by atoms with E-state index in [-0.39, 0.29) is 16.5 Å². The summed E-state index contributed by atoms with van der Waals surface area (Å²) >= 11 is 5.95. The Morgan fingerprint density at radius 2 is 2.16 bits per heavy atom. The Bertz CT molecular complexity index is 530. The number of nitrogens with zero attached hydrogens (tertiary/aromatic N) is 1. The third-order valence-electron chi connectivity index (χ3n) is 3.86. The Hall–Kier alpha value is -1.13. The molecule has 1 N–H and O–H groups in total. The Balaban J connectivity index is 2.38. The molecular formula is C14H17ClFNO2. The lowest BCUT2D eigenvalue weighted by Crippen LogP contribution is -2.48. The molecule has 1 fully saturated rings. The van der Waals surface area contributed by atoms with Crippen LogP contribution in [0.2, 0.25) is 5.02 Å². The van der Waals surface area contributed by atoms with Crippen molar-refractivity contribution in [1.29, 1.82) is 0 Å². The lowest BCUT2D eigenvalue weighted by atomic mass is 9.98. The van der Waals surface area contributed by atoms with Crippen molar-refractivity contribution in [2.24, 2.45) is 0 Å². The van der Waals surface area contributed by atoms with Gasteiger partial charge in [-0.25, -0.2) is 4.39 Å². The minimum atomic E-state index is -0.636. The molecule has 1 aromatic carbocycles. The van der Waals surface area contributed by atoms with Gasteiger partial charge >= 0.3 is 0 Å². The van der Waals surface area contributed by atoms with Gasteiger partial charge in [0, 0.05) is 6.54 Å². The van der Waals surface area contributed by atoms with Gasteiger partial charge in [0.25, 0.3) is 5.91 Å². The molecular weight excluding hydrogens is 269 g/mol. The third kappa shape index (κ3) is 2.35. The van der Waals surface area contributed by atoms with Gasteiger partial charge < -0.3 is 10.0 Å². The first-order chi connectivity index (χ1) is 8.75. The lowest BCUT2D eigenvalue weighted by molar-refractivity contribution is 0.0394. The molecule has 2 rings (SSSR count). The highest BCUT2D eigenvalue weighted by molar-refractivity contribution is 6.33. The maximum atomic E-state index is 13.4. The van der Waals surface area contributed by atoms with Crippen molar-refractivity contribution in [3.05, 3.63) is 34.1 Å². The van der Waals surface area contributed by atoms with Crippen LogP contribution in [0, 0.1) is 12.7 Å². The first-order valence-corrected chi connectivity index (χ1v) is 6.58. The van der Waals surface area contributed by atoms with Crippen LogP contribution in [0.25, 0.3) is 0 Å². The van der Waals surface area contributed by atoms with Crippen LogP contribution < -0.4 is 0 Å². The van der Waals surface area contributed by atoms with Crippen LogP contribution in [0.4, 0.5) is 4.39 Å². The van der Waals surface area contributed by atoms with E-state index in [1.165, 1.54) is 6.07 Å². The molecule has 1 aliphatic rings. The fraction of sp³-hybridized carbons (Fsp3) is 0.500. The second kappa shape index (κ2) is 4.76. The standard InChI is InChI=1S/C14H17ClFNO2/c1-8-6-9(10(15)7-11(8)16)13(19)17-5-4-12(18)14(17,2)3/h6-7,12,18H,4-5H2,1-3H3. The molecule has 1 aromatic rings. The molecule has 0 saturated carbocycles. The van der Waals surface area contributed by atoms with Crippen molar-refractivity contribution >= 4 is 17.5 Å². The fourth-order valence-corrected chi connectivity index (χ4v) is 2.63. The average Bonchev–Trinajstić information content (AvgIpc) is 2.58. The summed E-state index contributed by atoms with van der Waals surface area (Å²) in [4.78, 5) is 14.1. The van der Waals surface area contributed by atoms with Gasteiger partial charge in [-0.05, 0) is 44.9 Å². The summed E-state index contributed by atoms with van der Waals surface area (Å²) < 4.78 is 13.4. The molecule has 5 heteroatoms. The number of amides is 1. The monoisotopic (exact) mass is 285 g/mol. The number of carbonyl (C=O) groups excluding carboxylic acids is 1. The van der Waals surface area contributed by atoms with E-state index in [1.54, 1.807) is 11.8 Å². The molecule has 1 amide bonds. The van der Waals surface area contributed by atoms with Crippen LogP contribution in [-0.4, -0.2) is 34.1 Å². The fourth-order valence-electron chi connectivity index (χ4n) is 2.40. The van der Waals surface area contributed by atoms with Gasteiger partial charge in [0.15, 0.2) is 0 Å². The van der Waals surface area contributed by atoms with E-state index in [4.69, 9.17) is 11.6 Å². The Morgan fingerprint density at radius 1 is 1.53 bits per heavy atom. The highest BCUT2D eigenvalue weighted by Crippen LogP contribution is 2.32. The lowest BCUT2D eigenvalue weighted by Gasteiger charge is -2.34. The topological polar surface area (TPSA) is 40.5 Å². The minimum absolute atomic E-state index is 0.102. The Morgan fingerprint density at radius 3 is 2.68 bits per heavy atom. The van der Waals surface area contributed by atoms with E-state index in [9.17, 15) is 14.3 Å². The molecule has 0 bridgehead atoms. The summed E-state index contributed by atoms with van der Waals surface area (Å²) in [5, 5.41) is 10.0. The van der Waals surface area contributed by atoms with Crippen molar-refractivity contribution < 1.29 is 14.3 Å². The zero-order chi connectivity index (χ0) is 14.4. The second-order valence-electron chi connectivity index (χ2n) is 5.50. The summed E-state index contributed by atoms with van der Waals surface area (Å²) in [7, 11) is 0. The normalized spacial score (nSPS) is 21.8. The van der Waals surface area contributed by atoms with Gasteiger partial charge in [-0.3, -0.25) is 4.79 Å². The summed E-state index contributed by atoms with van der Waals surface area (Å²) in [6, 6.07) is 2.62. The molecule has 0 radical (unpaired) electrons. The van der Waals surface area contributed by atoms with E-state index in [1.807, 2.05) is 13.8 Å². The molecule has 1 saturated heterocycles. The van der Waals surface area contributed by atoms with Gasteiger partial charge in [0.05, 0.1) is 22.2 Å². The molecule has 1 heterocycles. The maximum Gasteiger partial charge on any atom is 0.255 e. The number of hydrogen-bond acceptors (Lipinski definition) is 2. The Kier molecular flexibility index (Phi) is 3.58. The van der Waals surface area contributed by atoms with E-state index >= 15 is 0 Å². The zero-order valence-corrected chi connectivity index (χ0v) is 12.0. The molecule has 0 aliphatic carbocycles. The largest absolute Gasteiger partial charge is 0.391 e. The molecule has 0 spiro atoms. The molecule has 1 unspecified atom stereocenters. The summed E-state index contributed by atoms with van der Waals surface area (Å²) in [5.41, 5.74) is 0.0240. The first-order valence-electron chi connectivity index (χ1n) is 6.21. The number of halogens is 2. The SMILES string of the molecule is Cc1cc(C(=O)N2CCC(O)C2(C)C)c(Cl)cc1F. The van der Waals surface area contributed by atoms with Crippen molar-refractivity contribution in [2.45, 2.75) is 38.8 Å². The van der Waals surface area contributed by atoms with Crippen LogP contribution >= 0.6 is 11.6 Å². The summed E-state index contributed by atoms with van der Waals surface area (Å²) in [5.74, 6) is -0.697. The number of aliphatic hydroxyl groups excluding tert-OH is 1. The van der Waals surface area contributed by atoms with Gasteiger partial charge in [-0.15, -0.1) is 0 Å². The van der Waals surface area contributed by atoms with Gasteiger partial charge in [-0.1, -0.05) is 11.6 Å². The zero-order valence-electron chi connectivity index (χ0n) is 11.2. The van der Waals surface area contributed by atoms with E-state index in [2.05, 4.69) is 0 Å². The number of likely N-dealkylation sites (tertiary alicyclic amines) is 1. The van der Waals surface area contributed by atoms with Gasteiger partial charge in [0.1, 0.15) is 5.82 Å². The predicted molar refractivity (Wildman–Crippen MR) is 71.9 cm³/mol. The molecule has 3 nitrogen and oxygen atoms in total. The first kappa shape index (κ1) is 14.3. The maximum absolute atomic E-state index is 13.4. The minimum Gasteiger partial charge on any atom is -0.391 e. The highest BCUT2D eigenvalue weighted by atomic mass is 35.5.